The summed E-state index contributed by atoms with van der Waals surface area (Å²) in [6, 6.07) is 0.807. The van der Waals surface area contributed by atoms with Crippen LogP contribution in [0.1, 0.15) is 32.1 Å². The summed E-state index contributed by atoms with van der Waals surface area (Å²) in [5.74, 6) is 0. The summed E-state index contributed by atoms with van der Waals surface area (Å²) in [7, 11) is 0. The number of nitrogens with one attached hydrogen (secondary N) is 1. The minimum atomic E-state index is 0.275. The maximum atomic E-state index is 5.95. The Morgan fingerprint density at radius 3 is 2.60 bits per heavy atom. The topological polar surface area (TPSA) is 38.0 Å². The Labute approximate surface area is 62.2 Å². The van der Waals surface area contributed by atoms with E-state index in [0.717, 1.165) is 6.04 Å². The van der Waals surface area contributed by atoms with Crippen molar-refractivity contribution in [3.8, 4) is 0 Å². The SMILES string of the molecule is NC1(CCC2CCN2)CC1. The molecule has 58 valence electrons. The lowest BCUT2D eigenvalue weighted by atomic mass is 9.98. The molecule has 1 aliphatic carbocycles. The van der Waals surface area contributed by atoms with Gasteiger partial charge in [-0.3, -0.25) is 0 Å². The van der Waals surface area contributed by atoms with Gasteiger partial charge in [-0.25, -0.2) is 0 Å². The molecule has 1 aliphatic heterocycles. The predicted octanol–water partition coefficient (Wildman–Crippen LogP) is 0.620. The summed E-state index contributed by atoms with van der Waals surface area (Å²) in [5.41, 5.74) is 6.22. The molecule has 0 aromatic heterocycles. The summed E-state index contributed by atoms with van der Waals surface area (Å²) in [6.45, 7) is 1.22. The second-order valence-electron chi connectivity index (χ2n) is 3.84. The van der Waals surface area contributed by atoms with Crippen molar-refractivity contribution in [2.75, 3.05) is 6.54 Å². The molecule has 1 saturated carbocycles. The number of nitrogens with two attached hydrogens (primary N) is 1. The molecule has 2 aliphatic rings. The van der Waals surface area contributed by atoms with E-state index in [4.69, 9.17) is 5.73 Å². The third kappa shape index (κ3) is 1.32. The highest BCUT2D eigenvalue weighted by Crippen LogP contribution is 2.37. The highest BCUT2D eigenvalue weighted by atomic mass is 15.0. The maximum Gasteiger partial charge on any atom is 0.0156 e. The fourth-order valence-electron chi connectivity index (χ4n) is 1.47. The Kier molecular flexibility index (Phi) is 1.46. The molecule has 0 spiro atoms. The molecule has 1 heterocycles. The zero-order valence-corrected chi connectivity index (χ0v) is 6.40. The lowest BCUT2D eigenvalue weighted by Gasteiger charge is -2.28. The maximum absolute atomic E-state index is 5.95. The Morgan fingerprint density at radius 1 is 1.50 bits per heavy atom. The van der Waals surface area contributed by atoms with E-state index in [2.05, 4.69) is 5.32 Å². The van der Waals surface area contributed by atoms with E-state index in [1.54, 1.807) is 0 Å². The quantitative estimate of drug-likeness (QED) is 0.603. The van der Waals surface area contributed by atoms with Gasteiger partial charge in [0.1, 0.15) is 0 Å². The van der Waals surface area contributed by atoms with Gasteiger partial charge >= 0.3 is 0 Å². The van der Waals surface area contributed by atoms with Crippen molar-refractivity contribution in [1.82, 2.24) is 5.32 Å². The van der Waals surface area contributed by atoms with Gasteiger partial charge in [-0.05, 0) is 38.6 Å². The summed E-state index contributed by atoms with van der Waals surface area (Å²) in [4.78, 5) is 0. The van der Waals surface area contributed by atoms with Crippen molar-refractivity contribution in [1.29, 1.82) is 0 Å². The molecular weight excluding hydrogens is 124 g/mol. The van der Waals surface area contributed by atoms with E-state index in [1.165, 1.54) is 38.6 Å². The van der Waals surface area contributed by atoms with E-state index in [0.29, 0.717) is 0 Å². The number of rotatable bonds is 3. The molecule has 0 amide bonds. The van der Waals surface area contributed by atoms with E-state index in [1.807, 2.05) is 0 Å². The second-order valence-corrected chi connectivity index (χ2v) is 3.84. The minimum absolute atomic E-state index is 0.275. The highest BCUT2D eigenvalue weighted by molar-refractivity contribution is 4.99. The molecule has 3 N–H and O–H groups in total. The van der Waals surface area contributed by atoms with Crippen molar-refractivity contribution >= 4 is 0 Å². The van der Waals surface area contributed by atoms with Gasteiger partial charge in [0.05, 0.1) is 0 Å². The Hall–Kier alpha value is -0.0800. The molecule has 2 rings (SSSR count). The molecule has 2 heteroatoms. The molecule has 1 atom stereocenters. The summed E-state index contributed by atoms with van der Waals surface area (Å²) in [6.07, 6.45) is 6.44. The van der Waals surface area contributed by atoms with Crippen molar-refractivity contribution in [3.63, 3.8) is 0 Å². The molecule has 0 aromatic carbocycles. The lowest BCUT2D eigenvalue weighted by molar-refractivity contribution is 0.331. The van der Waals surface area contributed by atoms with Crippen molar-refractivity contribution < 1.29 is 0 Å². The lowest BCUT2D eigenvalue weighted by Crippen LogP contribution is -2.43. The van der Waals surface area contributed by atoms with Gasteiger partial charge in [0.15, 0.2) is 0 Å². The number of hydrogen-bond acceptors (Lipinski definition) is 2. The van der Waals surface area contributed by atoms with Crippen LogP contribution >= 0.6 is 0 Å². The molecule has 0 radical (unpaired) electrons. The average molecular weight is 140 g/mol. The molecule has 0 aromatic rings. The minimum Gasteiger partial charge on any atom is -0.325 e. The fourth-order valence-corrected chi connectivity index (χ4v) is 1.47. The van der Waals surface area contributed by atoms with E-state index >= 15 is 0 Å². The van der Waals surface area contributed by atoms with Gasteiger partial charge in [0.25, 0.3) is 0 Å². The molecule has 2 fully saturated rings. The van der Waals surface area contributed by atoms with Gasteiger partial charge < -0.3 is 11.1 Å². The largest absolute Gasteiger partial charge is 0.325 e. The van der Waals surface area contributed by atoms with Crippen LogP contribution in [0.2, 0.25) is 0 Å². The van der Waals surface area contributed by atoms with E-state index < -0.39 is 0 Å². The Morgan fingerprint density at radius 2 is 2.20 bits per heavy atom. The van der Waals surface area contributed by atoms with Gasteiger partial charge in [0, 0.05) is 11.6 Å². The zero-order valence-electron chi connectivity index (χ0n) is 6.40. The first kappa shape index (κ1) is 6.62. The van der Waals surface area contributed by atoms with Gasteiger partial charge in [0.2, 0.25) is 0 Å². The van der Waals surface area contributed by atoms with E-state index in [9.17, 15) is 0 Å². The highest BCUT2D eigenvalue weighted by Gasteiger charge is 2.38. The molecule has 1 unspecified atom stereocenters. The Balaban J connectivity index is 1.63. The van der Waals surface area contributed by atoms with Crippen LogP contribution < -0.4 is 11.1 Å². The third-order valence-corrected chi connectivity index (χ3v) is 2.81. The molecule has 2 nitrogen and oxygen atoms in total. The van der Waals surface area contributed by atoms with Gasteiger partial charge in [-0.1, -0.05) is 0 Å². The first-order chi connectivity index (χ1) is 4.79. The number of hydrogen-bond donors (Lipinski definition) is 2. The van der Waals surface area contributed by atoms with Gasteiger partial charge in [-0.15, -0.1) is 0 Å². The van der Waals surface area contributed by atoms with Crippen LogP contribution in [0, 0.1) is 0 Å². The van der Waals surface area contributed by atoms with Crippen LogP contribution in [-0.4, -0.2) is 18.1 Å². The summed E-state index contributed by atoms with van der Waals surface area (Å²) < 4.78 is 0. The fraction of sp³-hybridized carbons (Fsp3) is 1.00. The zero-order chi connectivity index (χ0) is 7.03. The van der Waals surface area contributed by atoms with Crippen LogP contribution in [0.4, 0.5) is 0 Å². The predicted molar refractivity (Wildman–Crippen MR) is 41.8 cm³/mol. The first-order valence-corrected chi connectivity index (χ1v) is 4.31. The van der Waals surface area contributed by atoms with Crippen LogP contribution in [-0.2, 0) is 0 Å². The van der Waals surface area contributed by atoms with Crippen molar-refractivity contribution in [3.05, 3.63) is 0 Å². The van der Waals surface area contributed by atoms with Crippen molar-refractivity contribution in [2.24, 2.45) is 5.73 Å². The van der Waals surface area contributed by atoms with Crippen LogP contribution in [0.5, 0.6) is 0 Å². The Bertz CT molecular complexity index is 125. The molecular formula is C8H16N2. The summed E-state index contributed by atoms with van der Waals surface area (Å²) in [5, 5.41) is 3.39. The van der Waals surface area contributed by atoms with Crippen molar-refractivity contribution in [2.45, 2.75) is 43.7 Å². The van der Waals surface area contributed by atoms with Gasteiger partial charge in [-0.2, -0.15) is 0 Å². The third-order valence-electron chi connectivity index (χ3n) is 2.81. The normalized spacial score (nSPS) is 35.1. The second kappa shape index (κ2) is 2.21. The van der Waals surface area contributed by atoms with Crippen LogP contribution in [0.3, 0.4) is 0 Å². The van der Waals surface area contributed by atoms with E-state index in [-0.39, 0.29) is 5.54 Å². The molecule has 0 bridgehead atoms. The molecule has 10 heavy (non-hydrogen) atoms. The molecule has 1 saturated heterocycles. The summed E-state index contributed by atoms with van der Waals surface area (Å²) >= 11 is 0. The standard InChI is InChI=1S/C8H16N2/c9-8(4-5-8)3-1-7-2-6-10-7/h7,10H,1-6,9H2. The first-order valence-electron chi connectivity index (χ1n) is 4.31. The average Bonchev–Trinajstić information content (AvgIpc) is 2.44. The van der Waals surface area contributed by atoms with Crippen LogP contribution in [0.25, 0.3) is 0 Å². The smallest absolute Gasteiger partial charge is 0.0156 e. The van der Waals surface area contributed by atoms with Crippen LogP contribution in [0.15, 0.2) is 0 Å². The monoisotopic (exact) mass is 140 g/mol.